The molecule has 6 heteroatoms. The summed E-state index contributed by atoms with van der Waals surface area (Å²) in [5.41, 5.74) is 0. The smallest absolute Gasteiger partial charge is 0.193 e. The van der Waals surface area contributed by atoms with Gasteiger partial charge in [0, 0.05) is 39.3 Å². The molecule has 2 aliphatic heterocycles. The molecule has 0 aromatic rings. The lowest BCUT2D eigenvalue weighted by Crippen LogP contribution is -2.41. The lowest BCUT2D eigenvalue weighted by molar-refractivity contribution is 0.282. The van der Waals surface area contributed by atoms with Crippen LogP contribution in [-0.4, -0.2) is 86.6 Å². The molecule has 2 heterocycles. The molecule has 0 aromatic carbocycles. The Hall–Kier alpha value is -0.0800. The van der Waals surface area contributed by atoms with E-state index in [4.69, 9.17) is 4.99 Å². The van der Waals surface area contributed by atoms with Crippen LogP contribution in [0, 0.1) is 11.8 Å². The number of nitrogens with zero attached hydrogens (tertiary/aromatic N) is 4. The predicted molar refractivity (Wildman–Crippen MR) is 119 cm³/mol. The minimum absolute atomic E-state index is 0. The molecule has 1 unspecified atom stereocenters. The Morgan fingerprint density at radius 3 is 2.68 bits per heavy atom. The third kappa shape index (κ3) is 8.43. The molecule has 0 amide bonds. The fourth-order valence-corrected chi connectivity index (χ4v) is 3.93. The van der Waals surface area contributed by atoms with E-state index in [-0.39, 0.29) is 24.0 Å². The molecule has 1 N–H and O–H groups in total. The van der Waals surface area contributed by atoms with Gasteiger partial charge in [0.15, 0.2) is 5.96 Å². The second-order valence-electron chi connectivity index (χ2n) is 7.96. The standard InChI is InChI=1S/C19H39N5.HI/c1-5-20-19(24-11-7-18(16-24)15-17(2)3)21-8-12-23-10-6-9-22(4)13-14-23;/h17-18H,5-16H2,1-4H3,(H,20,21);1H. The van der Waals surface area contributed by atoms with E-state index in [2.05, 4.69) is 47.8 Å². The lowest BCUT2D eigenvalue weighted by atomic mass is 9.97. The summed E-state index contributed by atoms with van der Waals surface area (Å²) in [5, 5.41) is 3.50. The van der Waals surface area contributed by atoms with Gasteiger partial charge in [0.25, 0.3) is 0 Å². The highest BCUT2D eigenvalue weighted by molar-refractivity contribution is 14.0. The van der Waals surface area contributed by atoms with Crippen LogP contribution in [0.5, 0.6) is 0 Å². The maximum absolute atomic E-state index is 4.93. The van der Waals surface area contributed by atoms with Gasteiger partial charge in [-0.15, -0.1) is 24.0 Å². The Bertz CT molecular complexity index is 388. The van der Waals surface area contributed by atoms with Gasteiger partial charge in [0.05, 0.1) is 6.54 Å². The summed E-state index contributed by atoms with van der Waals surface area (Å²) in [5.74, 6) is 2.78. The molecule has 2 saturated heterocycles. The monoisotopic (exact) mass is 465 g/mol. The summed E-state index contributed by atoms with van der Waals surface area (Å²) in [6.07, 6.45) is 3.95. The molecule has 0 saturated carbocycles. The van der Waals surface area contributed by atoms with Gasteiger partial charge >= 0.3 is 0 Å². The average Bonchev–Trinajstić information content (AvgIpc) is 2.88. The van der Waals surface area contributed by atoms with Gasteiger partial charge in [-0.05, 0) is 58.2 Å². The first-order chi connectivity index (χ1) is 11.6. The van der Waals surface area contributed by atoms with Gasteiger partial charge in [0.1, 0.15) is 0 Å². The largest absolute Gasteiger partial charge is 0.357 e. The van der Waals surface area contributed by atoms with Crippen molar-refractivity contribution < 1.29 is 0 Å². The van der Waals surface area contributed by atoms with Crippen LogP contribution in [-0.2, 0) is 0 Å². The minimum atomic E-state index is 0. The topological polar surface area (TPSA) is 34.1 Å². The Kier molecular flexibility index (Phi) is 11.3. The molecule has 0 bridgehead atoms. The van der Waals surface area contributed by atoms with Crippen LogP contribution < -0.4 is 5.32 Å². The summed E-state index contributed by atoms with van der Waals surface area (Å²) >= 11 is 0. The highest BCUT2D eigenvalue weighted by Gasteiger charge is 2.25. The molecule has 2 fully saturated rings. The molecule has 0 aromatic heterocycles. The van der Waals surface area contributed by atoms with Crippen LogP contribution >= 0.6 is 24.0 Å². The summed E-state index contributed by atoms with van der Waals surface area (Å²) in [6, 6.07) is 0. The normalized spacial score (nSPS) is 23.6. The van der Waals surface area contributed by atoms with Crippen LogP contribution in [0.1, 0.15) is 40.0 Å². The van der Waals surface area contributed by atoms with Crippen molar-refractivity contribution in [2.45, 2.75) is 40.0 Å². The zero-order valence-electron chi connectivity index (χ0n) is 16.8. The Morgan fingerprint density at radius 1 is 1.16 bits per heavy atom. The number of hydrogen-bond donors (Lipinski definition) is 1. The third-order valence-corrected chi connectivity index (χ3v) is 5.21. The Morgan fingerprint density at radius 2 is 1.96 bits per heavy atom. The van der Waals surface area contributed by atoms with Crippen molar-refractivity contribution >= 4 is 29.9 Å². The maximum atomic E-state index is 4.93. The van der Waals surface area contributed by atoms with Gasteiger partial charge in [-0.1, -0.05) is 13.8 Å². The number of rotatable bonds is 6. The van der Waals surface area contributed by atoms with Crippen molar-refractivity contribution in [2.75, 3.05) is 66.0 Å². The number of hydrogen-bond acceptors (Lipinski definition) is 3. The summed E-state index contributed by atoms with van der Waals surface area (Å²) < 4.78 is 0. The molecule has 1 atom stereocenters. The number of guanidine groups is 1. The number of likely N-dealkylation sites (tertiary alicyclic amines) is 1. The first-order valence-electron chi connectivity index (χ1n) is 10.0. The summed E-state index contributed by atoms with van der Waals surface area (Å²) in [4.78, 5) is 12.4. The van der Waals surface area contributed by atoms with Crippen LogP contribution in [0.15, 0.2) is 4.99 Å². The second kappa shape index (κ2) is 12.3. The third-order valence-electron chi connectivity index (χ3n) is 5.21. The second-order valence-corrected chi connectivity index (χ2v) is 7.96. The van der Waals surface area contributed by atoms with Gasteiger partial charge in [-0.25, -0.2) is 0 Å². The van der Waals surface area contributed by atoms with Crippen LogP contribution in [0.25, 0.3) is 0 Å². The number of halogens is 1. The van der Waals surface area contributed by atoms with Gasteiger partial charge in [0.2, 0.25) is 0 Å². The zero-order chi connectivity index (χ0) is 17.4. The highest BCUT2D eigenvalue weighted by atomic mass is 127. The van der Waals surface area contributed by atoms with E-state index in [1.54, 1.807) is 0 Å². The molecule has 0 radical (unpaired) electrons. The lowest BCUT2D eigenvalue weighted by Gasteiger charge is -2.23. The quantitative estimate of drug-likeness (QED) is 0.372. The summed E-state index contributed by atoms with van der Waals surface area (Å²) in [6.45, 7) is 17.0. The van der Waals surface area contributed by atoms with E-state index >= 15 is 0 Å². The molecule has 148 valence electrons. The van der Waals surface area contributed by atoms with Crippen molar-refractivity contribution in [1.82, 2.24) is 20.0 Å². The van der Waals surface area contributed by atoms with E-state index in [9.17, 15) is 0 Å². The van der Waals surface area contributed by atoms with E-state index in [1.165, 1.54) is 52.0 Å². The average molecular weight is 465 g/mol. The van der Waals surface area contributed by atoms with Crippen LogP contribution in [0.4, 0.5) is 0 Å². The van der Waals surface area contributed by atoms with E-state index < -0.39 is 0 Å². The molecule has 0 aliphatic carbocycles. The van der Waals surface area contributed by atoms with Gasteiger partial charge < -0.3 is 20.0 Å². The molecule has 2 aliphatic rings. The van der Waals surface area contributed by atoms with Crippen molar-refractivity contribution in [3.05, 3.63) is 0 Å². The number of likely N-dealkylation sites (N-methyl/N-ethyl adjacent to an activating group) is 1. The van der Waals surface area contributed by atoms with Crippen LogP contribution in [0.3, 0.4) is 0 Å². The molecular weight excluding hydrogens is 425 g/mol. The van der Waals surface area contributed by atoms with Crippen molar-refractivity contribution in [3.63, 3.8) is 0 Å². The first-order valence-corrected chi connectivity index (χ1v) is 10.0. The van der Waals surface area contributed by atoms with E-state index in [0.717, 1.165) is 44.0 Å². The number of nitrogens with one attached hydrogen (secondary N) is 1. The highest BCUT2D eigenvalue weighted by Crippen LogP contribution is 2.23. The molecular formula is C19H40IN5. The van der Waals surface area contributed by atoms with Crippen molar-refractivity contribution in [1.29, 1.82) is 0 Å². The molecule has 5 nitrogen and oxygen atoms in total. The minimum Gasteiger partial charge on any atom is -0.357 e. The predicted octanol–water partition coefficient (Wildman–Crippen LogP) is 2.58. The van der Waals surface area contributed by atoms with Gasteiger partial charge in [-0.3, -0.25) is 4.99 Å². The van der Waals surface area contributed by atoms with Crippen molar-refractivity contribution in [2.24, 2.45) is 16.8 Å². The van der Waals surface area contributed by atoms with E-state index in [1.807, 2.05) is 0 Å². The molecule has 25 heavy (non-hydrogen) atoms. The fraction of sp³-hybridized carbons (Fsp3) is 0.947. The van der Waals surface area contributed by atoms with Crippen molar-refractivity contribution in [3.8, 4) is 0 Å². The van der Waals surface area contributed by atoms with Crippen LogP contribution in [0.2, 0.25) is 0 Å². The molecule has 0 spiro atoms. The Balaban J connectivity index is 0.00000312. The SMILES string of the molecule is CCNC(=NCCN1CCCN(C)CC1)N1CCC(CC(C)C)C1.I. The van der Waals surface area contributed by atoms with Gasteiger partial charge in [-0.2, -0.15) is 0 Å². The first kappa shape index (κ1) is 23.0. The maximum Gasteiger partial charge on any atom is 0.193 e. The number of aliphatic imine (C=N–C) groups is 1. The summed E-state index contributed by atoms with van der Waals surface area (Å²) in [7, 11) is 2.23. The fourth-order valence-electron chi connectivity index (χ4n) is 3.93. The Labute approximate surface area is 172 Å². The zero-order valence-corrected chi connectivity index (χ0v) is 19.2. The van der Waals surface area contributed by atoms with E-state index in [0.29, 0.717) is 0 Å². The molecule has 2 rings (SSSR count).